The molecule has 5 nitrogen and oxygen atoms in total. The summed E-state index contributed by atoms with van der Waals surface area (Å²) >= 11 is 12.2. The third kappa shape index (κ3) is 7.20. The predicted octanol–water partition coefficient (Wildman–Crippen LogP) is 5.47. The number of ether oxygens (including phenoxy) is 2. The van der Waals surface area contributed by atoms with Gasteiger partial charge in [0.25, 0.3) is 0 Å². The highest BCUT2D eigenvalue weighted by Gasteiger charge is 2.28. The van der Waals surface area contributed by atoms with E-state index < -0.39 is 5.82 Å². The number of likely N-dealkylation sites (tertiary alicyclic amines) is 1. The molecule has 1 N–H and O–H groups in total. The fourth-order valence-corrected chi connectivity index (χ4v) is 5.85. The highest BCUT2D eigenvalue weighted by molar-refractivity contribution is 6.37. The predicted molar refractivity (Wildman–Crippen MR) is 129 cm³/mol. The number of rotatable bonds is 7. The molecule has 1 saturated carbocycles. The van der Waals surface area contributed by atoms with E-state index in [1.165, 1.54) is 31.4 Å². The van der Waals surface area contributed by atoms with Crippen LogP contribution in [0.4, 0.5) is 4.39 Å². The first-order chi connectivity index (χ1) is 16.0. The Kier molecular flexibility index (Phi) is 9.14. The average molecular weight is 501 g/mol. The van der Waals surface area contributed by atoms with Gasteiger partial charge in [0.05, 0.1) is 10.0 Å². The molecule has 1 aromatic carbocycles. The molecule has 0 radical (unpaired) electrons. The van der Waals surface area contributed by atoms with E-state index in [0.29, 0.717) is 25.0 Å². The van der Waals surface area contributed by atoms with Gasteiger partial charge in [0.1, 0.15) is 11.9 Å². The molecule has 0 bridgehead atoms. The molecule has 2 saturated heterocycles. The summed E-state index contributed by atoms with van der Waals surface area (Å²) in [6.07, 6.45) is 9.37. The van der Waals surface area contributed by atoms with E-state index in [4.69, 9.17) is 32.7 Å². The van der Waals surface area contributed by atoms with Crippen molar-refractivity contribution >= 4 is 29.1 Å². The first-order valence-corrected chi connectivity index (χ1v) is 13.1. The monoisotopic (exact) mass is 500 g/mol. The van der Waals surface area contributed by atoms with Crippen LogP contribution in [0.15, 0.2) is 12.1 Å². The Labute approximate surface area is 206 Å². The number of piperidine rings is 1. The van der Waals surface area contributed by atoms with Gasteiger partial charge in [-0.25, -0.2) is 4.39 Å². The second kappa shape index (κ2) is 12.1. The normalized spacial score (nSPS) is 25.7. The van der Waals surface area contributed by atoms with Crippen molar-refractivity contribution in [2.45, 2.75) is 69.9 Å². The van der Waals surface area contributed by atoms with Crippen molar-refractivity contribution in [1.82, 2.24) is 10.2 Å². The lowest BCUT2D eigenvalue weighted by molar-refractivity contribution is -0.128. The number of benzene rings is 1. The Morgan fingerprint density at radius 2 is 1.67 bits per heavy atom. The van der Waals surface area contributed by atoms with Gasteiger partial charge >= 0.3 is 0 Å². The summed E-state index contributed by atoms with van der Waals surface area (Å²) in [6, 6.07) is 2.82. The zero-order valence-electron chi connectivity index (χ0n) is 19.2. The Morgan fingerprint density at radius 1 is 1.03 bits per heavy atom. The van der Waals surface area contributed by atoms with Crippen molar-refractivity contribution in [1.29, 1.82) is 0 Å². The summed E-state index contributed by atoms with van der Waals surface area (Å²) < 4.78 is 24.7. The van der Waals surface area contributed by atoms with Crippen molar-refractivity contribution in [2.75, 3.05) is 32.8 Å². The number of hydrogen-bond donors (Lipinski definition) is 1. The van der Waals surface area contributed by atoms with Gasteiger partial charge in [-0.05, 0) is 82.4 Å². The van der Waals surface area contributed by atoms with E-state index in [0.717, 1.165) is 64.1 Å². The van der Waals surface area contributed by atoms with Crippen molar-refractivity contribution < 1.29 is 18.7 Å². The molecule has 0 spiro atoms. The van der Waals surface area contributed by atoms with Crippen molar-refractivity contribution in [3.63, 3.8) is 0 Å². The lowest BCUT2D eigenvalue weighted by Crippen LogP contribution is -2.43. The van der Waals surface area contributed by atoms with Gasteiger partial charge in [0, 0.05) is 38.3 Å². The minimum absolute atomic E-state index is 0.0523. The quantitative estimate of drug-likeness (QED) is 0.539. The summed E-state index contributed by atoms with van der Waals surface area (Å²) in [5.74, 6) is 1.04. The summed E-state index contributed by atoms with van der Waals surface area (Å²) in [7, 11) is 0. The number of nitrogens with one attached hydrogen (secondary N) is 1. The molecule has 3 fully saturated rings. The molecule has 3 aliphatic rings. The van der Waals surface area contributed by atoms with Crippen LogP contribution >= 0.6 is 23.2 Å². The molecule has 0 unspecified atom stereocenters. The van der Waals surface area contributed by atoms with Crippen molar-refractivity contribution in [2.24, 2.45) is 11.8 Å². The van der Waals surface area contributed by atoms with Gasteiger partial charge in [-0.2, -0.15) is 0 Å². The smallest absolute Gasteiger partial charge is 0.223 e. The fraction of sp³-hybridized carbons (Fsp3) is 0.720. The maximum Gasteiger partial charge on any atom is 0.223 e. The van der Waals surface area contributed by atoms with Crippen LogP contribution in [-0.2, 0) is 9.53 Å². The maximum absolute atomic E-state index is 13.4. The van der Waals surface area contributed by atoms with Crippen LogP contribution in [0, 0.1) is 17.7 Å². The van der Waals surface area contributed by atoms with E-state index in [9.17, 15) is 9.18 Å². The topological polar surface area (TPSA) is 50.8 Å². The molecule has 4 rings (SSSR count). The van der Waals surface area contributed by atoms with Gasteiger partial charge in [0.2, 0.25) is 5.91 Å². The minimum Gasteiger partial charge on any atom is -0.487 e. The van der Waals surface area contributed by atoms with Gasteiger partial charge in [-0.15, -0.1) is 0 Å². The molecule has 33 heavy (non-hydrogen) atoms. The van der Waals surface area contributed by atoms with Crippen LogP contribution in [-0.4, -0.2) is 55.8 Å². The van der Waals surface area contributed by atoms with Crippen LogP contribution < -0.4 is 10.1 Å². The molecule has 1 amide bonds. The Bertz CT molecular complexity index is 767. The van der Waals surface area contributed by atoms with E-state index in [1.54, 1.807) is 0 Å². The molecule has 184 valence electrons. The van der Waals surface area contributed by atoms with Crippen LogP contribution in [0.3, 0.4) is 0 Å². The number of amides is 1. The van der Waals surface area contributed by atoms with Crippen LogP contribution in [0.1, 0.15) is 57.8 Å². The third-order valence-electron chi connectivity index (χ3n) is 7.42. The van der Waals surface area contributed by atoms with E-state index in [-0.39, 0.29) is 28.0 Å². The van der Waals surface area contributed by atoms with Gasteiger partial charge in [-0.1, -0.05) is 23.2 Å². The number of carbonyl (C=O) groups excluding carboxylic acids is 1. The molecule has 1 aromatic rings. The largest absolute Gasteiger partial charge is 0.487 e. The molecule has 8 heteroatoms. The molecule has 0 aromatic heterocycles. The number of nitrogens with zero attached hydrogens (tertiary/aromatic N) is 1. The number of carbonyl (C=O) groups is 1. The molecule has 0 atom stereocenters. The second-order valence-corrected chi connectivity index (χ2v) is 10.6. The number of halogens is 3. The summed E-state index contributed by atoms with van der Waals surface area (Å²) in [5.41, 5.74) is 0. The van der Waals surface area contributed by atoms with E-state index >= 15 is 0 Å². The van der Waals surface area contributed by atoms with Crippen molar-refractivity contribution in [3.8, 4) is 5.75 Å². The summed E-state index contributed by atoms with van der Waals surface area (Å²) in [6.45, 7) is 4.49. The first-order valence-electron chi connectivity index (χ1n) is 12.4. The third-order valence-corrected chi connectivity index (χ3v) is 7.98. The summed E-state index contributed by atoms with van der Waals surface area (Å²) in [5, 5.41) is 3.74. The Balaban J connectivity index is 1.12. The zero-order valence-corrected chi connectivity index (χ0v) is 20.7. The maximum atomic E-state index is 13.4. The fourth-order valence-electron chi connectivity index (χ4n) is 5.30. The SMILES string of the molecule is O=C(NC1CCC(CCN2CCC(Oc3c(Cl)cc(F)cc3Cl)CC2)CC1)C1CCOCC1. The van der Waals surface area contributed by atoms with Gasteiger partial charge in [-0.3, -0.25) is 4.79 Å². The second-order valence-electron chi connectivity index (χ2n) is 9.76. The highest BCUT2D eigenvalue weighted by Crippen LogP contribution is 2.36. The van der Waals surface area contributed by atoms with Gasteiger partial charge in [0.15, 0.2) is 5.75 Å². The van der Waals surface area contributed by atoms with Crippen molar-refractivity contribution in [3.05, 3.63) is 28.0 Å². The Hall–Kier alpha value is -1.08. The average Bonchev–Trinajstić information content (AvgIpc) is 2.82. The first kappa shape index (κ1) is 25.0. The number of hydrogen-bond acceptors (Lipinski definition) is 4. The standard InChI is InChI=1S/C25H35Cl2FN2O3/c26-22-15-19(28)16-23(27)24(22)33-21-6-11-30(12-7-21)10-5-17-1-3-20(4-2-17)29-25(31)18-8-13-32-14-9-18/h15-18,20-21H,1-14H2,(H,29,31). The molecular weight excluding hydrogens is 466 g/mol. The summed E-state index contributed by atoms with van der Waals surface area (Å²) in [4.78, 5) is 15.0. The molecule has 1 aliphatic carbocycles. The Morgan fingerprint density at radius 3 is 2.30 bits per heavy atom. The minimum atomic E-state index is -0.456. The van der Waals surface area contributed by atoms with E-state index in [1.807, 2.05) is 0 Å². The van der Waals surface area contributed by atoms with E-state index in [2.05, 4.69) is 10.2 Å². The van der Waals surface area contributed by atoms with Crippen LogP contribution in [0.5, 0.6) is 5.75 Å². The highest BCUT2D eigenvalue weighted by atomic mass is 35.5. The molecule has 2 aliphatic heterocycles. The lowest BCUT2D eigenvalue weighted by atomic mass is 9.83. The van der Waals surface area contributed by atoms with Gasteiger partial charge < -0.3 is 19.7 Å². The lowest BCUT2D eigenvalue weighted by Gasteiger charge is -2.35. The zero-order chi connectivity index (χ0) is 23.2. The molecule has 2 heterocycles. The molecular formula is C25H35Cl2FN2O3. The van der Waals surface area contributed by atoms with Crippen LogP contribution in [0.2, 0.25) is 10.0 Å². The van der Waals surface area contributed by atoms with Crippen LogP contribution in [0.25, 0.3) is 0 Å².